The molecule has 1 spiro atoms. The topological polar surface area (TPSA) is 69.7 Å². The van der Waals surface area contributed by atoms with Gasteiger partial charge in [0.2, 0.25) is 5.91 Å². The van der Waals surface area contributed by atoms with Crippen molar-refractivity contribution in [3.63, 3.8) is 0 Å². The Hall–Kier alpha value is -3.15. The quantitative estimate of drug-likeness (QED) is 0.697. The van der Waals surface area contributed by atoms with Crippen LogP contribution in [-0.2, 0) is 28.1 Å². The monoisotopic (exact) mass is 419 g/mol. The van der Waals surface area contributed by atoms with Gasteiger partial charge >= 0.3 is 6.03 Å². The maximum Gasteiger partial charge on any atom is 0.325 e. The van der Waals surface area contributed by atoms with Crippen molar-refractivity contribution < 1.29 is 14.4 Å². The van der Waals surface area contributed by atoms with Crippen molar-refractivity contribution in [3.05, 3.63) is 71.3 Å². The number of hydrogen-bond acceptors (Lipinski definition) is 3. The van der Waals surface area contributed by atoms with Crippen molar-refractivity contribution in [2.24, 2.45) is 0 Å². The number of rotatable bonds is 7. The Morgan fingerprint density at radius 1 is 1.06 bits per heavy atom. The minimum absolute atomic E-state index is 0.0506. The molecule has 1 aliphatic heterocycles. The zero-order valence-electron chi connectivity index (χ0n) is 18.1. The Morgan fingerprint density at radius 2 is 1.74 bits per heavy atom. The predicted molar refractivity (Wildman–Crippen MR) is 118 cm³/mol. The smallest absolute Gasteiger partial charge is 0.325 e. The molecule has 162 valence electrons. The van der Waals surface area contributed by atoms with E-state index in [9.17, 15) is 14.4 Å². The van der Waals surface area contributed by atoms with E-state index in [1.165, 1.54) is 0 Å². The van der Waals surface area contributed by atoms with Crippen LogP contribution in [0.1, 0.15) is 49.8 Å². The lowest BCUT2D eigenvalue weighted by atomic mass is 9.92. The van der Waals surface area contributed by atoms with E-state index in [1.807, 2.05) is 59.5 Å². The van der Waals surface area contributed by atoms with Crippen molar-refractivity contribution in [2.45, 2.75) is 57.7 Å². The summed E-state index contributed by atoms with van der Waals surface area (Å²) >= 11 is 0. The zero-order chi connectivity index (χ0) is 22.0. The molecule has 0 aromatic heterocycles. The Balaban J connectivity index is 1.56. The van der Waals surface area contributed by atoms with Gasteiger partial charge in [0.05, 0.1) is 0 Å². The first-order valence-electron chi connectivity index (χ1n) is 11.1. The number of aryl methyl sites for hydroxylation is 1. The van der Waals surface area contributed by atoms with Crippen molar-refractivity contribution in [2.75, 3.05) is 6.54 Å². The Kier molecular flexibility index (Phi) is 5.81. The maximum atomic E-state index is 13.4. The fourth-order valence-electron chi connectivity index (χ4n) is 4.89. The number of nitrogens with one attached hydrogen (secondary N) is 1. The molecule has 1 atom stereocenters. The van der Waals surface area contributed by atoms with Crippen LogP contribution in [0.2, 0.25) is 0 Å². The second-order valence-corrected chi connectivity index (χ2v) is 8.36. The maximum absolute atomic E-state index is 13.4. The number of carbonyl (C=O) groups excluding carboxylic acids is 3. The molecule has 1 unspecified atom stereocenters. The molecule has 1 N–H and O–H groups in total. The molecule has 2 aliphatic rings. The van der Waals surface area contributed by atoms with Crippen molar-refractivity contribution in [3.8, 4) is 0 Å². The molecule has 4 rings (SSSR count). The van der Waals surface area contributed by atoms with Crippen LogP contribution in [-0.4, -0.2) is 40.2 Å². The van der Waals surface area contributed by atoms with Crippen molar-refractivity contribution in [1.29, 1.82) is 0 Å². The van der Waals surface area contributed by atoms with E-state index in [2.05, 4.69) is 19.2 Å². The molecular formula is C25H29N3O3. The highest BCUT2D eigenvalue weighted by atomic mass is 16.2. The molecule has 0 radical (unpaired) electrons. The fraction of sp³-hybridized carbons (Fsp3) is 0.400. The van der Waals surface area contributed by atoms with Gasteiger partial charge in [-0.3, -0.25) is 14.5 Å². The largest absolute Gasteiger partial charge is 0.334 e. The standard InChI is InChI=1S/C25H29N3O3/c1-3-20(4-2)27(16-18-10-6-5-7-11-18)22(29)17-28-23(30)25(26-24(28)31)15-14-19-12-8-9-13-21(19)25/h5-13,20H,3-4,14-17H2,1-2H3,(H,26,31). The van der Waals surface area contributed by atoms with E-state index in [0.29, 0.717) is 13.0 Å². The predicted octanol–water partition coefficient (Wildman–Crippen LogP) is 3.60. The molecule has 0 bridgehead atoms. The molecule has 1 heterocycles. The first-order valence-corrected chi connectivity index (χ1v) is 11.1. The summed E-state index contributed by atoms with van der Waals surface area (Å²) in [6, 6.07) is 17.1. The summed E-state index contributed by atoms with van der Waals surface area (Å²) in [5, 5.41) is 2.90. The van der Waals surface area contributed by atoms with Gasteiger partial charge in [0.1, 0.15) is 12.1 Å². The van der Waals surface area contributed by atoms with Gasteiger partial charge in [0.25, 0.3) is 5.91 Å². The highest BCUT2D eigenvalue weighted by Gasteiger charge is 2.55. The van der Waals surface area contributed by atoms with Gasteiger partial charge in [0, 0.05) is 12.6 Å². The average Bonchev–Trinajstić information content (AvgIpc) is 3.27. The second kappa shape index (κ2) is 8.53. The Morgan fingerprint density at radius 3 is 2.45 bits per heavy atom. The van der Waals surface area contributed by atoms with Crippen LogP contribution in [0.15, 0.2) is 54.6 Å². The zero-order valence-corrected chi connectivity index (χ0v) is 18.1. The summed E-state index contributed by atoms with van der Waals surface area (Å²) in [7, 11) is 0. The lowest BCUT2D eigenvalue weighted by molar-refractivity contribution is -0.141. The number of fused-ring (bicyclic) bond motifs is 2. The molecule has 2 aromatic rings. The van der Waals surface area contributed by atoms with Crippen LogP contribution in [0.25, 0.3) is 0 Å². The average molecular weight is 420 g/mol. The van der Waals surface area contributed by atoms with Crippen molar-refractivity contribution >= 4 is 17.8 Å². The molecule has 2 aromatic carbocycles. The molecule has 6 heteroatoms. The third-order valence-electron chi connectivity index (χ3n) is 6.61. The van der Waals surface area contributed by atoms with Gasteiger partial charge in [-0.25, -0.2) is 4.79 Å². The number of urea groups is 1. The third-order valence-corrected chi connectivity index (χ3v) is 6.61. The lowest BCUT2D eigenvalue weighted by Crippen LogP contribution is -2.47. The summed E-state index contributed by atoms with van der Waals surface area (Å²) in [6.45, 7) is 4.33. The van der Waals surface area contributed by atoms with Gasteiger partial charge in [-0.1, -0.05) is 68.4 Å². The summed E-state index contributed by atoms with van der Waals surface area (Å²) in [6.07, 6.45) is 2.89. The highest BCUT2D eigenvalue weighted by Crippen LogP contribution is 2.41. The molecule has 4 amide bonds. The van der Waals surface area contributed by atoms with Gasteiger partial charge in [-0.05, 0) is 42.4 Å². The molecule has 1 saturated heterocycles. The van der Waals surface area contributed by atoms with Crippen LogP contribution >= 0.6 is 0 Å². The SMILES string of the molecule is CCC(CC)N(Cc1ccccc1)C(=O)CN1C(=O)NC2(CCc3ccccc32)C1=O. The van der Waals surface area contributed by atoms with Crippen LogP contribution in [0.5, 0.6) is 0 Å². The highest BCUT2D eigenvalue weighted by molar-refractivity contribution is 6.09. The van der Waals surface area contributed by atoms with E-state index < -0.39 is 11.6 Å². The minimum Gasteiger partial charge on any atom is -0.334 e. The van der Waals surface area contributed by atoms with Gasteiger partial charge in [0.15, 0.2) is 0 Å². The number of amides is 4. The van der Waals surface area contributed by atoms with E-state index in [4.69, 9.17) is 0 Å². The Bertz CT molecular complexity index is 987. The van der Waals surface area contributed by atoms with E-state index >= 15 is 0 Å². The fourth-order valence-corrected chi connectivity index (χ4v) is 4.89. The number of hydrogen-bond donors (Lipinski definition) is 1. The van der Waals surface area contributed by atoms with Crippen molar-refractivity contribution in [1.82, 2.24) is 15.1 Å². The van der Waals surface area contributed by atoms with Crippen LogP contribution in [0.3, 0.4) is 0 Å². The minimum atomic E-state index is -1.03. The number of carbonyl (C=O) groups is 3. The summed E-state index contributed by atoms with van der Waals surface area (Å²) in [5.74, 6) is -0.524. The number of nitrogens with zero attached hydrogens (tertiary/aromatic N) is 2. The molecule has 1 fully saturated rings. The van der Waals surface area contributed by atoms with Crippen LogP contribution in [0.4, 0.5) is 4.79 Å². The molecule has 31 heavy (non-hydrogen) atoms. The summed E-state index contributed by atoms with van der Waals surface area (Å²) in [5.41, 5.74) is 1.92. The van der Waals surface area contributed by atoms with Crippen LogP contribution < -0.4 is 5.32 Å². The Labute approximate surface area is 183 Å². The first-order chi connectivity index (χ1) is 15.0. The number of benzene rings is 2. The third kappa shape index (κ3) is 3.71. The van der Waals surface area contributed by atoms with Gasteiger partial charge < -0.3 is 10.2 Å². The molecular weight excluding hydrogens is 390 g/mol. The van der Waals surface area contributed by atoms with E-state index in [-0.39, 0.29) is 24.4 Å². The van der Waals surface area contributed by atoms with Gasteiger partial charge in [-0.15, -0.1) is 0 Å². The van der Waals surface area contributed by atoms with E-state index in [1.54, 1.807) is 0 Å². The lowest BCUT2D eigenvalue weighted by Gasteiger charge is -2.32. The molecule has 1 aliphatic carbocycles. The number of imide groups is 1. The normalized spacial score (nSPS) is 19.8. The molecule has 0 saturated carbocycles. The summed E-state index contributed by atoms with van der Waals surface area (Å²) in [4.78, 5) is 42.5. The second-order valence-electron chi connectivity index (χ2n) is 8.36. The molecule has 6 nitrogen and oxygen atoms in total. The summed E-state index contributed by atoms with van der Waals surface area (Å²) < 4.78 is 0. The van der Waals surface area contributed by atoms with Crippen LogP contribution in [0, 0.1) is 0 Å². The van der Waals surface area contributed by atoms with E-state index in [0.717, 1.165) is 40.9 Å². The first kappa shape index (κ1) is 21.1. The van der Waals surface area contributed by atoms with Gasteiger partial charge in [-0.2, -0.15) is 0 Å².